The smallest absolute Gasteiger partial charge is 0.328 e. The number of ether oxygens (including phenoxy) is 3. The number of carboxylic acid groups (broad SMARTS) is 1. The molecule has 0 radical (unpaired) electrons. The van der Waals surface area contributed by atoms with Crippen LogP contribution >= 0.6 is 0 Å². The first-order valence-corrected chi connectivity index (χ1v) is 7.43. The third-order valence-corrected chi connectivity index (χ3v) is 3.70. The first-order chi connectivity index (χ1) is 11.9. The van der Waals surface area contributed by atoms with E-state index in [1.54, 1.807) is 6.07 Å². The lowest BCUT2D eigenvalue weighted by molar-refractivity contribution is -0.277. The van der Waals surface area contributed by atoms with Crippen LogP contribution < -0.4 is 9.47 Å². The first kappa shape index (κ1) is 19.2. The fourth-order valence-corrected chi connectivity index (χ4v) is 2.34. The molecule has 0 saturated carbocycles. The van der Waals surface area contributed by atoms with Gasteiger partial charge in [0, 0.05) is 6.08 Å². The van der Waals surface area contributed by atoms with E-state index in [1.807, 2.05) is 0 Å². The minimum atomic E-state index is -1.56. The molecule has 0 bridgehead atoms. The summed E-state index contributed by atoms with van der Waals surface area (Å²) in [6, 6.07) is 4.54. The lowest BCUT2D eigenvalue weighted by Crippen LogP contribution is -2.60. The molecule has 25 heavy (non-hydrogen) atoms. The number of hydrogen-bond acceptors (Lipinski definition) is 8. The van der Waals surface area contributed by atoms with Gasteiger partial charge >= 0.3 is 5.97 Å². The summed E-state index contributed by atoms with van der Waals surface area (Å²) in [6.45, 7) is -0.569. The van der Waals surface area contributed by atoms with E-state index in [9.17, 15) is 25.2 Å². The van der Waals surface area contributed by atoms with Gasteiger partial charge in [-0.05, 0) is 23.8 Å². The Morgan fingerprint density at radius 3 is 2.52 bits per heavy atom. The summed E-state index contributed by atoms with van der Waals surface area (Å²) in [7, 11) is 1.38. The third-order valence-electron chi connectivity index (χ3n) is 3.70. The molecule has 1 fully saturated rings. The second-order valence-corrected chi connectivity index (χ2v) is 5.40. The molecule has 1 aromatic carbocycles. The summed E-state index contributed by atoms with van der Waals surface area (Å²) >= 11 is 0. The highest BCUT2D eigenvalue weighted by Crippen LogP contribution is 2.32. The highest BCUT2D eigenvalue weighted by Gasteiger charge is 2.44. The van der Waals surface area contributed by atoms with E-state index < -0.39 is 43.3 Å². The van der Waals surface area contributed by atoms with Crippen molar-refractivity contribution in [2.45, 2.75) is 30.7 Å². The van der Waals surface area contributed by atoms with Crippen LogP contribution in [0.2, 0.25) is 0 Å². The summed E-state index contributed by atoms with van der Waals surface area (Å²) in [5, 5.41) is 47.3. The van der Waals surface area contributed by atoms with Crippen molar-refractivity contribution >= 4 is 12.0 Å². The van der Waals surface area contributed by atoms with Crippen molar-refractivity contribution < 1.29 is 44.5 Å². The Morgan fingerprint density at radius 1 is 1.20 bits per heavy atom. The topological polar surface area (TPSA) is 146 Å². The van der Waals surface area contributed by atoms with Crippen LogP contribution in [0.15, 0.2) is 24.3 Å². The number of carboxylic acids is 1. The molecule has 0 spiro atoms. The van der Waals surface area contributed by atoms with E-state index in [4.69, 9.17) is 19.3 Å². The molecule has 9 nitrogen and oxygen atoms in total. The van der Waals surface area contributed by atoms with Crippen LogP contribution in [-0.2, 0) is 9.53 Å². The molecular weight excluding hydrogens is 336 g/mol. The molecule has 0 aromatic heterocycles. The molecule has 1 heterocycles. The summed E-state index contributed by atoms with van der Waals surface area (Å²) < 4.78 is 15.9. The molecule has 1 saturated heterocycles. The second kappa shape index (κ2) is 8.28. The highest BCUT2D eigenvalue weighted by molar-refractivity contribution is 5.85. The Balaban J connectivity index is 2.19. The largest absolute Gasteiger partial charge is 0.493 e. The van der Waals surface area contributed by atoms with Crippen molar-refractivity contribution in [2.75, 3.05) is 13.7 Å². The molecule has 5 N–H and O–H groups in total. The zero-order valence-electron chi connectivity index (χ0n) is 13.3. The van der Waals surface area contributed by atoms with E-state index in [-0.39, 0.29) is 11.5 Å². The summed E-state index contributed by atoms with van der Waals surface area (Å²) in [5.41, 5.74) is 0.542. The lowest BCUT2D eigenvalue weighted by atomic mass is 9.99. The zero-order valence-corrected chi connectivity index (χ0v) is 13.3. The van der Waals surface area contributed by atoms with Crippen LogP contribution in [0, 0.1) is 0 Å². The van der Waals surface area contributed by atoms with E-state index in [2.05, 4.69) is 0 Å². The van der Waals surface area contributed by atoms with Gasteiger partial charge in [0.15, 0.2) is 11.5 Å². The van der Waals surface area contributed by atoms with Crippen molar-refractivity contribution in [3.05, 3.63) is 29.8 Å². The van der Waals surface area contributed by atoms with Gasteiger partial charge in [-0.1, -0.05) is 6.07 Å². The van der Waals surface area contributed by atoms with Gasteiger partial charge in [0.1, 0.15) is 24.4 Å². The van der Waals surface area contributed by atoms with Crippen LogP contribution in [-0.4, -0.2) is 75.9 Å². The highest BCUT2D eigenvalue weighted by atomic mass is 16.7. The van der Waals surface area contributed by atoms with Crippen LogP contribution in [0.1, 0.15) is 5.56 Å². The summed E-state index contributed by atoms with van der Waals surface area (Å²) in [6.07, 6.45) is -4.69. The van der Waals surface area contributed by atoms with E-state index in [1.165, 1.54) is 25.3 Å². The number of methoxy groups -OCH3 is 1. The minimum absolute atomic E-state index is 0.166. The Morgan fingerprint density at radius 2 is 1.92 bits per heavy atom. The molecule has 0 amide bonds. The molecule has 0 aliphatic carbocycles. The van der Waals surface area contributed by atoms with Gasteiger partial charge in [-0.3, -0.25) is 0 Å². The number of hydrogen-bond donors (Lipinski definition) is 5. The van der Waals surface area contributed by atoms with Gasteiger partial charge in [-0.25, -0.2) is 4.79 Å². The summed E-state index contributed by atoms with van der Waals surface area (Å²) in [5.74, 6) is -0.690. The number of rotatable bonds is 6. The number of benzene rings is 1. The standard InChI is InChI=1S/C16H20O9/c1-23-10-6-8(3-5-12(18)19)2-4-9(10)24-16-15(22)14(21)13(20)11(7-17)25-16/h2-6,11,13-17,20-22H,7H2,1H3,(H,18,19)/t11-,13-,14+,15-,16-/m1/s1. The number of carbonyl (C=O) groups is 1. The Labute approximate surface area is 143 Å². The van der Waals surface area contributed by atoms with Gasteiger partial charge in [0.25, 0.3) is 0 Å². The number of aliphatic hydroxyl groups is 4. The Hall–Kier alpha value is -2.17. The SMILES string of the molecule is COc1cc(C=CC(=O)O)ccc1O[C@@H]1O[C@H](CO)[C@@H](O)[C@H](O)[C@H]1O. The van der Waals surface area contributed by atoms with Crippen molar-refractivity contribution in [1.29, 1.82) is 0 Å². The average molecular weight is 356 g/mol. The van der Waals surface area contributed by atoms with Crippen LogP contribution in [0.3, 0.4) is 0 Å². The zero-order chi connectivity index (χ0) is 18.6. The molecule has 1 aromatic rings. The van der Waals surface area contributed by atoms with Crippen LogP contribution in [0.5, 0.6) is 11.5 Å². The predicted octanol–water partition coefficient (Wildman–Crippen LogP) is -1.03. The monoisotopic (exact) mass is 356 g/mol. The minimum Gasteiger partial charge on any atom is -0.493 e. The second-order valence-electron chi connectivity index (χ2n) is 5.40. The van der Waals surface area contributed by atoms with E-state index >= 15 is 0 Å². The number of aliphatic hydroxyl groups excluding tert-OH is 4. The van der Waals surface area contributed by atoms with Gasteiger partial charge in [0.2, 0.25) is 6.29 Å². The molecule has 138 valence electrons. The van der Waals surface area contributed by atoms with Gasteiger partial charge in [0.05, 0.1) is 13.7 Å². The maximum atomic E-state index is 10.6. The summed E-state index contributed by atoms with van der Waals surface area (Å²) in [4.78, 5) is 10.6. The fraction of sp³-hybridized carbons (Fsp3) is 0.438. The average Bonchev–Trinajstić information content (AvgIpc) is 2.60. The van der Waals surface area contributed by atoms with Crippen molar-refractivity contribution in [2.24, 2.45) is 0 Å². The third kappa shape index (κ3) is 4.47. The Kier molecular flexibility index (Phi) is 6.34. The quantitative estimate of drug-likeness (QED) is 0.404. The van der Waals surface area contributed by atoms with Crippen LogP contribution in [0.25, 0.3) is 6.08 Å². The van der Waals surface area contributed by atoms with E-state index in [0.717, 1.165) is 6.08 Å². The predicted molar refractivity (Wildman–Crippen MR) is 84.1 cm³/mol. The Bertz CT molecular complexity index is 628. The molecule has 9 heteroatoms. The van der Waals surface area contributed by atoms with Crippen molar-refractivity contribution in [1.82, 2.24) is 0 Å². The molecule has 5 atom stereocenters. The van der Waals surface area contributed by atoms with Gasteiger partial charge < -0.3 is 39.7 Å². The number of aliphatic carboxylic acids is 1. The molecule has 1 aliphatic heterocycles. The first-order valence-electron chi connectivity index (χ1n) is 7.43. The molecule has 2 rings (SSSR count). The van der Waals surface area contributed by atoms with E-state index in [0.29, 0.717) is 5.56 Å². The maximum Gasteiger partial charge on any atom is 0.328 e. The normalized spacial score (nSPS) is 29.6. The van der Waals surface area contributed by atoms with Gasteiger partial charge in [-0.2, -0.15) is 0 Å². The molecule has 1 aliphatic rings. The fourth-order valence-electron chi connectivity index (χ4n) is 2.34. The molecule has 0 unspecified atom stereocenters. The lowest BCUT2D eigenvalue weighted by Gasteiger charge is -2.39. The maximum absolute atomic E-state index is 10.6. The molecular formula is C16H20O9. The van der Waals surface area contributed by atoms with Crippen molar-refractivity contribution in [3.8, 4) is 11.5 Å². The van der Waals surface area contributed by atoms with Crippen molar-refractivity contribution in [3.63, 3.8) is 0 Å². The van der Waals surface area contributed by atoms with Crippen LogP contribution in [0.4, 0.5) is 0 Å². The van der Waals surface area contributed by atoms with Gasteiger partial charge in [-0.15, -0.1) is 0 Å².